The lowest BCUT2D eigenvalue weighted by atomic mass is 9.86. The summed E-state index contributed by atoms with van der Waals surface area (Å²) in [5.74, 6) is 0.773. The van der Waals surface area contributed by atoms with E-state index < -0.39 is 6.04 Å². The second-order valence-electron chi connectivity index (χ2n) is 9.95. The van der Waals surface area contributed by atoms with E-state index in [4.69, 9.17) is 4.98 Å². The van der Waals surface area contributed by atoms with Crippen LogP contribution in [-0.2, 0) is 23.1 Å². The molecule has 4 rings (SSSR count). The summed E-state index contributed by atoms with van der Waals surface area (Å²) >= 11 is 0. The molecule has 1 unspecified atom stereocenters. The molecule has 3 aromatic carbocycles. The average molecular weight is 454 g/mol. The van der Waals surface area contributed by atoms with Gasteiger partial charge in [0.15, 0.2) is 0 Å². The summed E-state index contributed by atoms with van der Waals surface area (Å²) in [6, 6.07) is 22.4. The van der Waals surface area contributed by atoms with Crippen molar-refractivity contribution >= 4 is 22.6 Å². The van der Waals surface area contributed by atoms with E-state index in [-0.39, 0.29) is 11.3 Å². The predicted octanol–water partition coefficient (Wildman–Crippen LogP) is 7.33. The van der Waals surface area contributed by atoms with Gasteiger partial charge in [-0.05, 0) is 54.0 Å². The van der Waals surface area contributed by atoms with Crippen molar-refractivity contribution < 1.29 is 4.79 Å². The number of benzene rings is 3. The maximum Gasteiger partial charge on any atom is 0.247 e. The van der Waals surface area contributed by atoms with Gasteiger partial charge in [-0.1, -0.05) is 89.2 Å². The third-order valence-electron chi connectivity index (χ3n) is 6.62. The van der Waals surface area contributed by atoms with Crippen molar-refractivity contribution in [3.8, 4) is 11.4 Å². The topological polar surface area (TPSA) is 46.9 Å². The number of hydrogen-bond donors (Lipinski definition) is 1. The number of amides is 1. The molecule has 0 spiro atoms. The van der Waals surface area contributed by atoms with Crippen LogP contribution in [-0.4, -0.2) is 15.5 Å². The van der Waals surface area contributed by atoms with Crippen molar-refractivity contribution in [1.29, 1.82) is 0 Å². The molecule has 1 aromatic heterocycles. The van der Waals surface area contributed by atoms with Crippen LogP contribution in [0.2, 0.25) is 0 Å². The SMILES string of the molecule is CCc1cccc(CC)c1NC(=O)C(C)n1c(-c2ccc(C(C)(C)C)cc2)nc2ccccc21. The lowest BCUT2D eigenvalue weighted by Crippen LogP contribution is -2.25. The quantitative estimate of drug-likeness (QED) is 0.332. The number of para-hydroxylation sites is 3. The van der Waals surface area contributed by atoms with Crippen LogP contribution in [0.4, 0.5) is 5.69 Å². The molecule has 34 heavy (non-hydrogen) atoms. The Bertz CT molecular complexity index is 1290. The van der Waals surface area contributed by atoms with E-state index in [0.717, 1.165) is 52.1 Å². The molecule has 4 aromatic rings. The molecule has 0 aliphatic rings. The number of aryl methyl sites for hydroxylation is 2. The number of carbonyl (C=O) groups is 1. The average Bonchev–Trinajstić information content (AvgIpc) is 3.22. The molecule has 4 heteroatoms. The molecule has 0 bridgehead atoms. The highest BCUT2D eigenvalue weighted by molar-refractivity contribution is 5.96. The second-order valence-corrected chi connectivity index (χ2v) is 9.95. The normalized spacial score (nSPS) is 12.6. The highest BCUT2D eigenvalue weighted by Crippen LogP contribution is 2.32. The van der Waals surface area contributed by atoms with E-state index in [0.29, 0.717) is 0 Å². The fraction of sp³-hybridized carbons (Fsp3) is 0.333. The maximum absolute atomic E-state index is 13.6. The number of imidazole rings is 1. The van der Waals surface area contributed by atoms with Crippen LogP contribution in [0.1, 0.15) is 64.3 Å². The first kappa shape index (κ1) is 23.7. The van der Waals surface area contributed by atoms with E-state index in [1.165, 1.54) is 5.56 Å². The van der Waals surface area contributed by atoms with Crippen LogP contribution >= 0.6 is 0 Å². The van der Waals surface area contributed by atoms with Gasteiger partial charge in [-0.2, -0.15) is 0 Å². The first-order valence-corrected chi connectivity index (χ1v) is 12.2. The number of hydrogen-bond acceptors (Lipinski definition) is 2. The minimum atomic E-state index is -0.431. The summed E-state index contributed by atoms with van der Waals surface area (Å²) in [6.45, 7) is 12.8. The van der Waals surface area contributed by atoms with Gasteiger partial charge in [-0.3, -0.25) is 4.79 Å². The lowest BCUT2D eigenvalue weighted by Gasteiger charge is -2.21. The number of nitrogens with zero attached hydrogens (tertiary/aromatic N) is 2. The van der Waals surface area contributed by atoms with Crippen molar-refractivity contribution in [2.45, 2.75) is 65.8 Å². The molecule has 1 N–H and O–H groups in total. The molecule has 1 amide bonds. The standard InChI is InChI=1S/C30H35N3O/c1-7-21-12-11-13-22(8-2)27(21)32-29(34)20(3)33-26-15-10-9-14-25(26)31-28(33)23-16-18-24(19-17-23)30(4,5)6/h9-20H,7-8H2,1-6H3,(H,32,34). The molecule has 0 fully saturated rings. The zero-order valence-electron chi connectivity index (χ0n) is 21.1. The highest BCUT2D eigenvalue weighted by atomic mass is 16.2. The Morgan fingerprint density at radius 1 is 0.912 bits per heavy atom. The summed E-state index contributed by atoms with van der Waals surface area (Å²) in [4.78, 5) is 18.5. The van der Waals surface area contributed by atoms with E-state index in [1.54, 1.807) is 0 Å². The first-order chi connectivity index (χ1) is 16.2. The summed E-state index contributed by atoms with van der Waals surface area (Å²) in [7, 11) is 0. The summed E-state index contributed by atoms with van der Waals surface area (Å²) in [5.41, 5.74) is 7.47. The van der Waals surface area contributed by atoms with Gasteiger partial charge >= 0.3 is 0 Å². The third-order valence-corrected chi connectivity index (χ3v) is 6.62. The zero-order valence-corrected chi connectivity index (χ0v) is 21.1. The molecule has 1 atom stereocenters. The first-order valence-electron chi connectivity index (χ1n) is 12.2. The van der Waals surface area contributed by atoms with Gasteiger partial charge < -0.3 is 9.88 Å². The van der Waals surface area contributed by atoms with Crippen molar-refractivity contribution in [2.24, 2.45) is 0 Å². The highest BCUT2D eigenvalue weighted by Gasteiger charge is 2.24. The number of rotatable bonds is 6. The van der Waals surface area contributed by atoms with E-state index in [1.807, 2.05) is 31.2 Å². The number of carbonyl (C=O) groups excluding carboxylic acids is 1. The van der Waals surface area contributed by atoms with Crippen LogP contribution in [0.15, 0.2) is 66.7 Å². The van der Waals surface area contributed by atoms with Crippen molar-refractivity contribution in [1.82, 2.24) is 9.55 Å². The molecule has 0 aliphatic heterocycles. The molecular weight excluding hydrogens is 418 g/mol. The summed E-state index contributed by atoms with van der Waals surface area (Å²) < 4.78 is 2.07. The zero-order chi connectivity index (χ0) is 24.5. The molecule has 4 nitrogen and oxygen atoms in total. The van der Waals surface area contributed by atoms with Gasteiger partial charge in [-0.25, -0.2) is 4.98 Å². The second kappa shape index (κ2) is 9.46. The Kier molecular flexibility index (Phi) is 6.60. The van der Waals surface area contributed by atoms with E-state index >= 15 is 0 Å². The Morgan fingerprint density at radius 3 is 2.12 bits per heavy atom. The maximum atomic E-state index is 13.6. The van der Waals surface area contributed by atoms with Gasteiger partial charge in [0.25, 0.3) is 0 Å². The largest absolute Gasteiger partial charge is 0.324 e. The van der Waals surface area contributed by atoms with Crippen LogP contribution < -0.4 is 5.32 Å². The summed E-state index contributed by atoms with van der Waals surface area (Å²) in [5, 5.41) is 3.25. The molecule has 1 heterocycles. The number of fused-ring (bicyclic) bond motifs is 1. The molecule has 0 aliphatic carbocycles. The number of anilines is 1. The fourth-order valence-corrected chi connectivity index (χ4v) is 4.51. The Labute approximate surface area is 203 Å². The lowest BCUT2D eigenvalue weighted by molar-refractivity contribution is -0.118. The smallest absolute Gasteiger partial charge is 0.247 e. The van der Waals surface area contributed by atoms with Crippen molar-refractivity contribution in [3.05, 3.63) is 83.4 Å². The minimum Gasteiger partial charge on any atom is -0.324 e. The molecule has 0 saturated heterocycles. The number of nitrogens with one attached hydrogen (secondary N) is 1. The van der Waals surface area contributed by atoms with Gasteiger partial charge in [0.2, 0.25) is 5.91 Å². The Hall–Kier alpha value is -3.40. The monoisotopic (exact) mass is 453 g/mol. The van der Waals surface area contributed by atoms with Crippen LogP contribution in [0, 0.1) is 0 Å². The molecule has 0 saturated carbocycles. The summed E-state index contributed by atoms with van der Waals surface area (Å²) in [6.07, 6.45) is 1.74. The van der Waals surface area contributed by atoms with Crippen LogP contribution in [0.5, 0.6) is 0 Å². The van der Waals surface area contributed by atoms with Crippen molar-refractivity contribution in [3.63, 3.8) is 0 Å². The van der Waals surface area contributed by atoms with Gasteiger partial charge in [0, 0.05) is 11.3 Å². The minimum absolute atomic E-state index is 0.0358. The molecule has 0 radical (unpaired) electrons. The Morgan fingerprint density at radius 2 is 1.53 bits per heavy atom. The van der Waals surface area contributed by atoms with Crippen molar-refractivity contribution in [2.75, 3.05) is 5.32 Å². The third kappa shape index (κ3) is 4.50. The molecule has 176 valence electrons. The van der Waals surface area contributed by atoms with Gasteiger partial charge in [0.05, 0.1) is 11.0 Å². The van der Waals surface area contributed by atoms with Gasteiger partial charge in [-0.15, -0.1) is 0 Å². The predicted molar refractivity (Wildman–Crippen MR) is 142 cm³/mol. The van der Waals surface area contributed by atoms with Crippen LogP contribution in [0.3, 0.4) is 0 Å². The van der Waals surface area contributed by atoms with Gasteiger partial charge in [0.1, 0.15) is 11.9 Å². The Balaban J connectivity index is 1.76. The van der Waals surface area contributed by atoms with E-state index in [9.17, 15) is 4.79 Å². The number of aromatic nitrogens is 2. The fourth-order valence-electron chi connectivity index (χ4n) is 4.51. The van der Waals surface area contributed by atoms with E-state index in [2.05, 4.69) is 87.0 Å². The van der Waals surface area contributed by atoms with Crippen LogP contribution in [0.25, 0.3) is 22.4 Å². The molecular formula is C30H35N3O.